The number of fused-ring (bicyclic) bond motifs is 2. The van der Waals surface area contributed by atoms with Gasteiger partial charge in [-0.15, -0.1) is 0 Å². The molecule has 1 fully saturated rings. The molecular weight excluding hydrogens is 227 g/mol. The van der Waals surface area contributed by atoms with Gasteiger partial charge in [0, 0.05) is 0 Å². The summed E-state index contributed by atoms with van der Waals surface area (Å²) in [4.78, 5) is 0. The molecule has 0 amide bonds. The molecule has 15 heavy (non-hydrogen) atoms. The van der Waals surface area contributed by atoms with Gasteiger partial charge in [-0.3, -0.25) is 0 Å². The largest absolute Gasteiger partial charge is 0.0851 e. The second kappa shape index (κ2) is 5.05. The van der Waals surface area contributed by atoms with Gasteiger partial charge in [-0.2, -0.15) is 0 Å². The van der Waals surface area contributed by atoms with E-state index in [1.54, 1.807) is 12.1 Å². The third-order valence-electron chi connectivity index (χ3n) is 2.99. The Morgan fingerprint density at radius 2 is 1.33 bits per heavy atom. The fourth-order valence-electron chi connectivity index (χ4n) is 2.16. The fraction of sp³-hybridized carbons (Fsp3) is 0.385. The lowest BCUT2D eigenvalue weighted by Gasteiger charge is -1.96. The van der Waals surface area contributed by atoms with Crippen molar-refractivity contribution in [3.8, 4) is 0 Å². The van der Waals surface area contributed by atoms with Crippen molar-refractivity contribution >= 4 is 23.2 Å². The van der Waals surface area contributed by atoms with E-state index in [1.807, 2.05) is 12.1 Å². The Balaban J connectivity index is 0.000000114. The molecule has 0 spiro atoms. The van der Waals surface area contributed by atoms with Gasteiger partial charge in [0.2, 0.25) is 0 Å². The van der Waals surface area contributed by atoms with Crippen LogP contribution in [-0.4, -0.2) is 0 Å². The first kappa shape index (κ1) is 11.0. The van der Waals surface area contributed by atoms with E-state index in [1.165, 1.54) is 19.3 Å². The van der Waals surface area contributed by atoms with Crippen LogP contribution in [0.15, 0.2) is 36.4 Å². The molecule has 1 aromatic rings. The Bertz CT molecular complexity index is 324. The number of hydrogen-bond donors (Lipinski definition) is 0. The van der Waals surface area contributed by atoms with Crippen molar-refractivity contribution in [3.05, 3.63) is 46.5 Å². The molecule has 2 aliphatic rings. The van der Waals surface area contributed by atoms with Crippen LogP contribution in [0.4, 0.5) is 0 Å². The van der Waals surface area contributed by atoms with E-state index in [4.69, 9.17) is 23.2 Å². The van der Waals surface area contributed by atoms with Gasteiger partial charge in [0.1, 0.15) is 0 Å². The number of hydrogen-bond acceptors (Lipinski definition) is 0. The van der Waals surface area contributed by atoms with Crippen molar-refractivity contribution in [2.24, 2.45) is 11.8 Å². The minimum absolute atomic E-state index is 0.606. The van der Waals surface area contributed by atoms with Crippen molar-refractivity contribution in [3.63, 3.8) is 0 Å². The molecule has 0 aromatic heterocycles. The molecule has 2 atom stereocenters. The highest BCUT2D eigenvalue weighted by Crippen LogP contribution is 2.38. The zero-order valence-electron chi connectivity index (χ0n) is 8.50. The number of rotatable bonds is 0. The van der Waals surface area contributed by atoms with Crippen molar-refractivity contribution in [2.45, 2.75) is 19.3 Å². The Hall–Kier alpha value is -0.460. The van der Waals surface area contributed by atoms with Crippen molar-refractivity contribution in [1.82, 2.24) is 0 Å². The lowest BCUT2D eigenvalue weighted by atomic mass is 10.1. The van der Waals surface area contributed by atoms with Crippen LogP contribution in [0.3, 0.4) is 0 Å². The first-order chi connectivity index (χ1) is 7.25. The minimum Gasteiger partial charge on any atom is -0.0851 e. The summed E-state index contributed by atoms with van der Waals surface area (Å²) >= 11 is 11.2. The van der Waals surface area contributed by atoms with Gasteiger partial charge >= 0.3 is 0 Å². The highest BCUT2D eigenvalue weighted by Gasteiger charge is 2.25. The number of halogens is 2. The minimum atomic E-state index is 0.606. The summed E-state index contributed by atoms with van der Waals surface area (Å²) in [6.45, 7) is 0. The standard InChI is InChI=1S/C7H10.C6H4Cl2/c1-2-7-4-3-6(1)5-7;7-5-3-1-2-4-6(5)8/h1-2,6-7H,3-5H2;1-4H. The maximum Gasteiger partial charge on any atom is 0.0592 e. The zero-order valence-corrected chi connectivity index (χ0v) is 10.0. The SMILES string of the molecule is C1=CC2CCC1C2.Clc1ccccc1Cl. The summed E-state index contributed by atoms with van der Waals surface area (Å²) in [7, 11) is 0. The van der Waals surface area contributed by atoms with Gasteiger partial charge in [0.05, 0.1) is 10.0 Å². The Morgan fingerprint density at radius 3 is 1.53 bits per heavy atom. The van der Waals surface area contributed by atoms with Gasteiger partial charge in [0.25, 0.3) is 0 Å². The monoisotopic (exact) mass is 240 g/mol. The number of benzene rings is 1. The molecule has 2 bridgehead atoms. The average molecular weight is 241 g/mol. The average Bonchev–Trinajstić information content (AvgIpc) is 2.87. The molecule has 80 valence electrons. The van der Waals surface area contributed by atoms with Crippen LogP contribution in [0.2, 0.25) is 10.0 Å². The van der Waals surface area contributed by atoms with Gasteiger partial charge in [-0.25, -0.2) is 0 Å². The van der Waals surface area contributed by atoms with Crippen LogP contribution in [0, 0.1) is 11.8 Å². The van der Waals surface area contributed by atoms with Gasteiger partial charge in [0.15, 0.2) is 0 Å². The highest BCUT2D eigenvalue weighted by molar-refractivity contribution is 6.41. The molecule has 0 nitrogen and oxygen atoms in total. The van der Waals surface area contributed by atoms with Crippen molar-refractivity contribution in [2.75, 3.05) is 0 Å². The maximum atomic E-state index is 5.58. The fourth-order valence-corrected chi connectivity index (χ4v) is 2.43. The van der Waals surface area contributed by atoms with Gasteiger partial charge in [-0.1, -0.05) is 47.5 Å². The molecule has 1 aromatic carbocycles. The Kier molecular flexibility index (Phi) is 3.71. The summed E-state index contributed by atoms with van der Waals surface area (Å²) in [5.41, 5.74) is 0. The van der Waals surface area contributed by atoms with Crippen LogP contribution < -0.4 is 0 Å². The smallest absolute Gasteiger partial charge is 0.0592 e. The molecule has 0 heterocycles. The number of allylic oxidation sites excluding steroid dienone is 2. The van der Waals surface area contributed by atoms with E-state index in [0.29, 0.717) is 10.0 Å². The topological polar surface area (TPSA) is 0 Å². The summed E-state index contributed by atoms with van der Waals surface area (Å²) in [5.74, 6) is 1.98. The van der Waals surface area contributed by atoms with Crippen molar-refractivity contribution < 1.29 is 0 Å². The lowest BCUT2D eigenvalue weighted by Crippen LogP contribution is -1.82. The molecular formula is C13H14Cl2. The summed E-state index contributed by atoms with van der Waals surface area (Å²) in [6.07, 6.45) is 9.19. The lowest BCUT2D eigenvalue weighted by molar-refractivity contribution is 0.691. The maximum absolute atomic E-state index is 5.58. The molecule has 2 unspecified atom stereocenters. The zero-order chi connectivity index (χ0) is 10.7. The molecule has 3 rings (SSSR count). The third kappa shape index (κ3) is 2.99. The molecule has 0 radical (unpaired) electrons. The van der Waals surface area contributed by atoms with Gasteiger partial charge in [-0.05, 0) is 43.2 Å². The van der Waals surface area contributed by atoms with E-state index in [9.17, 15) is 0 Å². The van der Waals surface area contributed by atoms with Crippen LogP contribution in [0.25, 0.3) is 0 Å². The summed E-state index contributed by atoms with van der Waals surface area (Å²) in [6, 6.07) is 7.19. The Labute approximate surface area is 101 Å². The van der Waals surface area contributed by atoms with E-state index in [0.717, 1.165) is 11.8 Å². The normalized spacial score (nSPS) is 26.3. The summed E-state index contributed by atoms with van der Waals surface area (Å²) in [5, 5.41) is 1.21. The molecule has 0 aliphatic heterocycles. The summed E-state index contributed by atoms with van der Waals surface area (Å²) < 4.78 is 0. The van der Waals surface area contributed by atoms with Crippen LogP contribution in [0.5, 0.6) is 0 Å². The second-order valence-electron chi connectivity index (χ2n) is 4.13. The van der Waals surface area contributed by atoms with Crippen molar-refractivity contribution in [1.29, 1.82) is 0 Å². The predicted molar refractivity (Wildman–Crippen MR) is 66.4 cm³/mol. The van der Waals surface area contributed by atoms with Crippen LogP contribution in [0.1, 0.15) is 19.3 Å². The molecule has 2 heteroatoms. The molecule has 2 aliphatic carbocycles. The quantitative estimate of drug-likeness (QED) is 0.563. The predicted octanol–water partition coefficient (Wildman–Crippen LogP) is 4.97. The van der Waals surface area contributed by atoms with E-state index < -0.39 is 0 Å². The van der Waals surface area contributed by atoms with Crippen LogP contribution in [-0.2, 0) is 0 Å². The first-order valence-corrected chi connectivity index (χ1v) is 6.09. The third-order valence-corrected chi connectivity index (χ3v) is 3.75. The van der Waals surface area contributed by atoms with Crippen LogP contribution >= 0.6 is 23.2 Å². The molecule has 1 saturated carbocycles. The first-order valence-electron chi connectivity index (χ1n) is 5.34. The van der Waals surface area contributed by atoms with E-state index in [2.05, 4.69) is 12.2 Å². The Morgan fingerprint density at radius 1 is 0.867 bits per heavy atom. The van der Waals surface area contributed by atoms with Gasteiger partial charge < -0.3 is 0 Å². The molecule has 0 N–H and O–H groups in total. The highest BCUT2D eigenvalue weighted by atomic mass is 35.5. The van der Waals surface area contributed by atoms with E-state index in [-0.39, 0.29) is 0 Å². The van der Waals surface area contributed by atoms with E-state index >= 15 is 0 Å². The second-order valence-corrected chi connectivity index (χ2v) is 4.95. The molecule has 0 saturated heterocycles.